The molecule has 1 aromatic heterocycles. The molecule has 0 aliphatic carbocycles. The number of unbranched alkanes of at least 4 members (excludes halogenated alkanes) is 2. The normalized spacial score (nSPS) is 10.6. The Morgan fingerprint density at radius 2 is 0.737 bits per heavy atom. The van der Waals surface area contributed by atoms with Crippen molar-refractivity contribution in [2.45, 2.75) is 52.5 Å². The van der Waals surface area contributed by atoms with Crippen LogP contribution in [0.3, 0.4) is 0 Å². The van der Waals surface area contributed by atoms with E-state index in [1.807, 2.05) is 0 Å². The zero-order valence-corrected chi connectivity index (χ0v) is 36.9. The topological polar surface area (TPSA) is 4.93 Å². The van der Waals surface area contributed by atoms with Crippen molar-refractivity contribution >= 4 is 58.6 Å². The zero-order valence-electron chi connectivity index (χ0n) is 33.3. The Hall–Kier alpha value is -4.40. The van der Waals surface area contributed by atoms with E-state index in [2.05, 4.69) is 232 Å². The second kappa shape index (κ2) is 23.7. The summed E-state index contributed by atoms with van der Waals surface area (Å²) in [5.74, 6) is 0. The van der Waals surface area contributed by atoms with Crippen molar-refractivity contribution in [3.05, 3.63) is 224 Å². The number of para-hydroxylation sites is 1. The Labute approximate surface area is 359 Å². The number of hydrogen-bond acceptors (Lipinski definition) is 0. The third kappa shape index (κ3) is 11.8. The van der Waals surface area contributed by atoms with Gasteiger partial charge in [-0.2, -0.15) is 0 Å². The van der Waals surface area contributed by atoms with E-state index in [0.717, 1.165) is 25.8 Å². The molecule has 7 aromatic carbocycles. The smallest absolute Gasteiger partial charge is 0.102 e. The van der Waals surface area contributed by atoms with E-state index in [4.69, 9.17) is 0 Å². The minimum Gasteiger partial charge on any atom is -0.344 e. The summed E-state index contributed by atoms with van der Waals surface area (Å²) in [6, 6.07) is 73.8. The largest absolute Gasteiger partial charge is 0.344 e. The van der Waals surface area contributed by atoms with Crippen LogP contribution in [-0.2, 0) is 39.8 Å². The summed E-state index contributed by atoms with van der Waals surface area (Å²) < 4.78 is 2.53. The molecule has 57 heavy (non-hydrogen) atoms. The molecular formula is C53H58NP2Pd+2. The van der Waals surface area contributed by atoms with Crippen molar-refractivity contribution in [2.75, 3.05) is 0 Å². The van der Waals surface area contributed by atoms with Crippen molar-refractivity contribution in [3.63, 3.8) is 0 Å². The first kappa shape index (κ1) is 43.7. The van der Waals surface area contributed by atoms with Gasteiger partial charge in [-0.15, -0.1) is 0 Å². The van der Waals surface area contributed by atoms with E-state index in [9.17, 15) is 0 Å². The van der Waals surface area contributed by atoms with Crippen molar-refractivity contribution in [1.82, 2.24) is 4.57 Å². The molecule has 0 aliphatic rings. The molecule has 0 aliphatic heterocycles. The first-order chi connectivity index (χ1) is 27.7. The Morgan fingerprint density at radius 3 is 1.04 bits per heavy atom. The maximum Gasteiger partial charge on any atom is 0.102 e. The van der Waals surface area contributed by atoms with E-state index in [1.165, 1.54) is 61.3 Å². The molecule has 0 unspecified atom stereocenters. The Kier molecular flexibility index (Phi) is 18.2. The molecule has 0 saturated carbocycles. The standard InChI is InChI=1S/2C18H15P.C17H24N.Pd.H2/c2*1-4-10-16(11-5-1)19(17-12-6-2-7-13-17)18-14-8-3-9-15-18;1-4-7-10-13-18-16(6-3)14(5-2)15-11-8-9-12-17(15)18;;/h2*1-15H;8-9,11-12H,1,4-7,10,13H2,2-3H3;;1H/p+2. The van der Waals surface area contributed by atoms with Gasteiger partial charge in [-0.3, -0.25) is 0 Å². The van der Waals surface area contributed by atoms with Crippen molar-refractivity contribution in [1.29, 1.82) is 0 Å². The molecular weight excluding hydrogens is 819 g/mol. The van der Waals surface area contributed by atoms with Crippen LogP contribution in [0.4, 0.5) is 0 Å². The van der Waals surface area contributed by atoms with Crippen LogP contribution in [0.1, 0.15) is 45.8 Å². The molecule has 1 heterocycles. The van der Waals surface area contributed by atoms with Gasteiger partial charge in [-0.05, 0) is 104 Å². The van der Waals surface area contributed by atoms with Gasteiger partial charge in [-0.1, -0.05) is 161 Å². The summed E-state index contributed by atoms with van der Waals surface area (Å²) >= 11 is 0. The number of rotatable bonds is 12. The van der Waals surface area contributed by atoms with Gasteiger partial charge in [0.15, 0.2) is 0 Å². The number of benzene rings is 7. The van der Waals surface area contributed by atoms with Crippen LogP contribution < -0.4 is 31.8 Å². The maximum atomic E-state index is 3.93. The SMILES string of the molecule is [CH2]CCCCn1c(CC)c(CC)c2ccccc21.[HH].[Pd].c1ccc([PH+](c2ccccc2)c2ccccc2)cc1.c1ccc([PH+](c2ccccc2)c2ccccc2)cc1. The van der Waals surface area contributed by atoms with Gasteiger partial charge in [0.05, 0.1) is 15.8 Å². The van der Waals surface area contributed by atoms with Crippen molar-refractivity contribution in [2.24, 2.45) is 0 Å². The van der Waals surface area contributed by atoms with Crippen LogP contribution in [0, 0.1) is 6.92 Å². The fourth-order valence-electron chi connectivity index (χ4n) is 7.56. The average molecular weight is 877 g/mol. The van der Waals surface area contributed by atoms with Gasteiger partial charge < -0.3 is 4.57 Å². The molecule has 0 spiro atoms. The molecule has 0 bridgehead atoms. The Bertz CT molecular complexity index is 1980. The van der Waals surface area contributed by atoms with E-state index in [0.29, 0.717) is 0 Å². The van der Waals surface area contributed by atoms with Crippen LogP contribution in [0.25, 0.3) is 10.9 Å². The van der Waals surface area contributed by atoms with E-state index < -0.39 is 15.8 Å². The Morgan fingerprint density at radius 1 is 0.421 bits per heavy atom. The van der Waals surface area contributed by atoms with Crippen LogP contribution in [0.2, 0.25) is 0 Å². The number of fused-ring (bicyclic) bond motifs is 1. The third-order valence-electron chi connectivity index (χ3n) is 10.1. The minimum absolute atomic E-state index is 0. The van der Waals surface area contributed by atoms with Crippen LogP contribution in [-0.4, -0.2) is 4.57 Å². The van der Waals surface area contributed by atoms with E-state index in [1.54, 1.807) is 5.56 Å². The molecule has 1 nitrogen and oxygen atoms in total. The number of aromatic nitrogens is 1. The van der Waals surface area contributed by atoms with Gasteiger partial charge in [-0.25, -0.2) is 0 Å². The second-order valence-corrected chi connectivity index (χ2v) is 18.8. The van der Waals surface area contributed by atoms with Gasteiger partial charge in [0, 0.05) is 45.0 Å². The Balaban J connectivity index is 0.000000189. The molecule has 8 rings (SSSR count). The monoisotopic (exact) mass is 876 g/mol. The van der Waals surface area contributed by atoms with Crippen molar-refractivity contribution in [3.8, 4) is 0 Å². The summed E-state index contributed by atoms with van der Waals surface area (Å²) in [6.07, 6.45) is 5.75. The summed E-state index contributed by atoms with van der Waals surface area (Å²) in [5, 5.41) is 10.1. The predicted molar refractivity (Wildman–Crippen MR) is 255 cm³/mol. The molecule has 1 radical (unpaired) electrons. The van der Waals surface area contributed by atoms with Gasteiger partial charge in [0.25, 0.3) is 0 Å². The molecule has 0 atom stereocenters. The van der Waals surface area contributed by atoms with Crippen LogP contribution >= 0.6 is 15.8 Å². The molecule has 4 heteroatoms. The quantitative estimate of drug-likeness (QED) is 0.0655. The molecule has 8 aromatic rings. The van der Waals surface area contributed by atoms with E-state index in [-0.39, 0.29) is 21.8 Å². The summed E-state index contributed by atoms with van der Waals surface area (Å²) in [5.41, 5.74) is 4.49. The van der Waals surface area contributed by atoms with Gasteiger partial charge >= 0.3 is 0 Å². The van der Waals surface area contributed by atoms with Crippen LogP contribution in [0.15, 0.2) is 206 Å². The van der Waals surface area contributed by atoms with Crippen molar-refractivity contribution < 1.29 is 21.8 Å². The summed E-state index contributed by atoms with van der Waals surface area (Å²) in [6.45, 7) is 9.61. The molecule has 293 valence electrons. The van der Waals surface area contributed by atoms with Gasteiger partial charge in [0.2, 0.25) is 0 Å². The molecule has 0 N–H and O–H groups in total. The zero-order chi connectivity index (χ0) is 38.8. The predicted octanol–water partition coefficient (Wildman–Crippen LogP) is 11.4. The second-order valence-electron chi connectivity index (χ2n) is 13.8. The average Bonchev–Trinajstić information content (AvgIpc) is 3.59. The van der Waals surface area contributed by atoms with Crippen LogP contribution in [0.5, 0.6) is 0 Å². The summed E-state index contributed by atoms with van der Waals surface area (Å²) in [7, 11) is -1.75. The maximum absolute atomic E-state index is 3.93. The van der Waals surface area contributed by atoms with Gasteiger partial charge in [0.1, 0.15) is 31.8 Å². The molecule has 0 saturated heterocycles. The fraction of sp³-hybridized carbons (Fsp3) is 0.151. The fourth-order valence-corrected chi connectivity index (χ4v) is 12.7. The summed E-state index contributed by atoms with van der Waals surface area (Å²) in [4.78, 5) is 0. The molecule has 0 amide bonds. The van der Waals surface area contributed by atoms with E-state index >= 15 is 0 Å². The molecule has 0 fully saturated rings. The first-order valence-electron chi connectivity index (χ1n) is 20.2. The minimum atomic E-state index is -0.877. The third-order valence-corrected chi connectivity index (χ3v) is 15.6. The number of hydrogen-bond donors (Lipinski definition) is 0. The number of aryl methyl sites for hydroxylation is 2. The number of nitrogens with zero attached hydrogens (tertiary/aromatic N) is 1. The first-order valence-corrected chi connectivity index (χ1v) is 23.2.